The molecule has 0 atom stereocenters. The van der Waals surface area contributed by atoms with Crippen LogP contribution >= 0.6 is 0 Å². The molecule has 0 radical (unpaired) electrons. The number of alkyl halides is 3. The molecule has 1 aliphatic rings. The van der Waals surface area contributed by atoms with Gasteiger partial charge >= 0.3 is 6.18 Å². The Morgan fingerprint density at radius 1 is 0.931 bits per heavy atom. The third-order valence-electron chi connectivity index (χ3n) is 4.82. The van der Waals surface area contributed by atoms with E-state index in [0.717, 1.165) is 19.0 Å². The maximum absolute atomic E-state index is 13.1. The maximum atomic E-state index is 13.1. The standard InChI is InChI=1S/C21H17F3N4O/c22-21(23,24)16-7-3-4-8-17(16)25-20(29)18-9-10-19(27-26-18)28-12-11-14-5-1-2-6-15(14)13-28/h1-10H,11-13H2,(H,25,29). The molecule has 1 aliphatic heterocycles. The molecule has 1 amide bonds. The molecule has 4 rings (SSSR count). The average Bonchev–Trinajstić information content (AvgIpc) is 2.73. The molecule has 1 N–H and O–H groups in total. The minimum Gasteiger partial charge on any atom is -0.350 e. The molecular formula is C21H17F3N4O. The van der Waals surface area contributed by atoms with Gasteiger partial charge in [0.15, 0.2) is 11.5 Å². The average molecular weight is 398 g/mol. The van der Waals surface area contributed by atoms with E-state index in [4.69, 9.17) is 0 Å². The summed E-state index contributed by atoms with van der Waals surface area (Å²) in [6, 6.07) is 16.1. The van der Waals surface area contributed by atoms with Crippen molar-refractivity contribution in [3.8, 4) is 0 Å². The van der Waals surface area contributed by atoms with Crippen molar-refractivity contribution in [3.05, 3.63) is 83.0 Å². The fourth-order valence-electron chi connectivity index (χ4n) is 3.33. The Morgan fingerprint density at radius 3 is 2.38 bits per heavy atom. The van der Waals surface area contributed by atoms with Crippen molar-refractivity contribution in [1.82, 2.24) is 10.2 Å². The monoisotopic (exact) mass is 398 g/mol. The summed E-state index contributed by atoms with van der Waals surface area (Å²) < 4.78 is 39.2. The Hall–Kier alpha value is -3.42. The highest BCUT2D eigenvalue weighted by atomic mass is 19.4. The van der Waals surface area contributed by atoms with E-state index in [9.17, 15) is 18.0 Å². The van der Waals surface area contributed by atoms with Crippen molar-refractivity contribution in [2.45, 2.75) is 19.1 Å². The molecular weight excluding hydrogens is 381 g/mol. The Kier molecular flexibility index (Phi) is 4.92. The molecule has 2 heterocycles. The number of para-hydroxylation sites is 1. The molecule has 3 aromatic rings. The summed E-state index contributed by atoms with van der Waals surface area (Å²) in [4.78, 5) is 14.4. The van der Waals surface area contributed by atoms with Crippen LogP contribution < -0.4 is 10.2 Å². The molecule has 5 nitrogen and oxygen atoms in total. The van der Waals surface area contributed by atoms with Gasteiger partial charge in [-0.1, -0.05) is 36.4 Å². The number of anilines is 2. The van der Waals surface area contributed by atoms with E-state index < -0.39 is 17.6 Å². The third kappa shape index (κ3) is 4.06. The van der Waals surface area contributed by atoms with Gasteiger partial charge in [0.1, 0.15) is 0 Å². The maximum Gasteiger partial charge on any atom is 0.418 e. The van der Waals surface area contributed by atoms with E-state index in [1.165, 1.54) is 35.4 Å². The van der Waals surface area contributed by atoms with Crippen molar-refractivity contribution >= 4 is 17.4 Å². The molecule has 0 spiro atoms. The number of aromatic nitrogens is 2. The van der Waals surface area contributed by atoms with Crippen LogP contribution in [0.3, 0.4) is 0 Å². The summed E-state index contributed by atoms with van der Waals surface area (Å²) in [6.07, 6.45) is -3.68. The Labute approximate surface area is 165 Å². The van der Waals surface area contributed by atoms with Crippen LogP contribution in [0.25, 0.3) is 0 Å². The van der Waals surface area contributed by atoms with Crippen molar-refractivity contribution in [2.75, 3.05) is 16.8 Å². The molecule has 8 heteroatoms. The van der Waals surface area contributed by atoms with Gasteiger partial charge in [-0.25, -0.2) is 0 Å². The van der Waals surface area contributed by atoms with E-state index >= 15 is 0 Å². The van der Waals surface area contributed by atoms with E-state index in [1.807, 2.05) is 12.1 Å². The van der Waals surface area contributed by atoms with Gasteiger partial charge in [0, 0.05) is 13.1 Å². The SMILES string of the molecule is O=C(Nc1ccccc1C(F)(F)F)c1ccc(N2CCc3ccccc3C2)nn1. The van der Waals surface area contributed by atoms with Gasteiger partial charge in [0.05, 0.1) is 11.3 Å². The zero-order valence-corrected chi connectivity index (χ0v) is 15.3. The Morgan fingerprint density at radius 2 is 1.66 bits per heavy atom. The summed E-state index contributed by atoms with van der Waals surface area (Å²) >= 11 is 0. The number of nitrogens with zero attached hydrogens (tertiary/aromatic N) is 3. The first-order chi connectivity index (χ1) is 13.9. The van der Waals surface area contributed by atoms with Crippen LogP contribution in [0.4, 0.5) is 24.7 Å². The van der Waals surface area contributed by atoms with Crippen molar-refractivity contribution in [1.29, 1.82) is 0 Å². The lowest BCUT2D eigenvalue weighted by Gasteiger charge is -2.29. The molecule has 0 unspecified atom stereocenters. The number of amides is 1. The van der Waals surface area contributed by atoms with Gasteiger partial charge in [-0.3, -0.25) is 4.79 Å². The second-order valence-corrected chi connectivity index (χ2v) is 6.71. The van der Waals surface area contributed by atoms with Gasteiger partial charge in [-0.2, -0.15) is 13.2 Å². The summed E-state index contributed by atoms with van der Waals surface area (Å²) in [5.74, 6) is -0.128. The molecule has 148 valence electrons. The quantitative estimate of drug-likeness (QED) is 0.714. The number of benzene rings is 2. The van der Waals surface area contributed by atoms with Crippen LogP contribution in [-0.2, 0) is 19.1 Å². The largest absolute Gasteiger partial charge is 0.418 e. The molecule has 0 saturated heterocycles. The predicted octanol–water partition coefficient (Wildman–Crippen LogP) is 4.31. The molecule has 29 heavy (non-hydrogen) atoms. The van der Waals surface area contributed by atoms with Gasteiger partial charge < -0.3 is 10.2 Å². The number of fused-ring (bicyclic) bond motifs is 1. The van der Waals surface area contributed by atoms with Crippen LogP contribution in [0.2, 0.25) is 0 Å². The van der Waals surface area contributed by atoms with Gasteiger partial charge in [0.25, 0.3) is 5.91 Å². The summed E-state index contributed by atoms with van der Waals surface area (Å²) in [5, 5.41) is 10.3. The minimum atomic E-state index is -4.57. The van der Waals surface area contributed by atoms with Gasteiger partial charge in [-0.15, -0.1) is 10.2 Å². The second-order valence-electron chi connectivity index (χ2n) is 6.71. The topological polar surface area (TPSA) is 58.1 Å². The summed E-state index contributed by atoms with van der Waals surface area (Å²) in [6.45, 7) is 1.46. The minimum absolute atomic E-state index is 0.0527. The lowest BCUT2D eigenvalue weighted by Crippen LogP contribution is -2.31. The second kappa shape index (κ2) is 7.54. The van der Waals surface area contributed by atoms with Crippen LogP contribution in [0.15, 0.2) is 60.7 Å². The molecule has 0 bridgehead atoms. The van der Waals surface area contributed by atoms with Crippen LogP contribution in [-0.4, -0.2) is 22.6 Å². The van der Waals surface area contributed by atoms with E-state index in [2.05, 4.69) is 32.5 Å². The van der Waals surface area contributed by atoms with E-state index in [1.54, 1.807) is 6.07 Å². The number of hydrogen-bond acceptors (Lipinski definition) is 4. The fourth-order valence-corrected chi connectivity index (χ4v) is 3.33. The van der Waals surface area contributed by atoms with Gasteiger partial charge in [-0.05, 0) is 41.8 Å². The predicted molar refractivity (Wildman–Crippen MR) is 103 cm³/mol. The van der Waals surface area contributed by atoms with E-state index in [0.29, 0.717) is 12.4 Å². The van der Waals surface area contributed by atoms with Crippen molar-refractivity contribution < 1.29 is 18.0 Å². The Bertz CT molecular complexity index is 1030. The van der Waals surface area contributed by atoms with Crippen LogP contribution in [0.1, 0.15) is 27.2 Å². The smallest absolute Gasteiger partial charge is 0.350 e. The number of carbonyl (C=O) groups excluding carboxylic acids is 1. The number of rotatable bonds is 3. The normalized spacial score (nSPS) is 13.7. The number of halogens is 3. The van der Waals surface area contributed by atoms with Crippen molar-refractivity contribution in [3.63, 3.8) is 0 Å². The zero-order valence-electron chi connectivity index (χ0n) is 15.3. The first-order valence-electron chi connectivity index (χ1n) is 9.05. The summed E-state index contributed by atoms with van der Waals surface area (Å²) in [7, 11) is 0. The Balaban J connectivity index is 1.48. The van der Waals surface area contributed by atoms with Gasteiger partial charge in [0.2, 0.25) is 0 Å². The number of hydrogen-bond donors (Lipinski definition) is 1. The highest BCUT2D eigenvalue weighted by molar-refractivity contribution is 6.03. The highest BCUT2D eigenvalue weighted by Gasteiger charge is 2.33. The van der Waals surface area contributed by atoms with E-state index in [-0.39, 0.29) is 11.4 Å². The van der Waals surface area contributed by atoms with Crippen molar-refractivity contribution in [2.24, 2.45) is 0 Å². The highest BCUT2D eigenvalue weighted by Crippen LogP contribution is 2.34. The molecule has 0 fully saturated rings. The first-order valence-corrected chi connectivity index (χ1v) is 9.05. The lowest BCUT2D eigenvalue weighted by molar-refractivity contribution is -0.136. The number of carbonyl (C=O) groups is 1. The van der Waals surface area contributed by atoms with Crippen LogP contribution in [0, 0.1) is 0 Å². The molecule has 2 aromatic carbocycles. The molecule has 0 saturated carbocycles. The molecule has 0 aliphatic carbocycles. The lowest BCUT2D eigenvalue weighted by atomic mass is 10.00. The fraction of sp³-hybridized carbons (Fsp3) is 0.190. The third-order valence-corrected chi connectivity index (χ3v) is 4.82. The van der Waals surface area contributed by atoms with Crippen LogP contribution in [0.5, 0.6) is 0 Å². The summed E-state index contributed by atoms with van der Waals surface area (Å²) in [5.41, 5.74) is 1.23. The number of nitrogens with one attached hydrogen (secondary N) is 1. The first kappa shape index (κ1) is 18.9. The molecule has 1 aromatic heterocycles. The zero-order chi connectivity index (χ0) is 20.4.